The number of nitrogens with zero attached hydrogens (tertiary/aromatic N) is 1. The Morgan fingerprint density at radius 2 is 2.10 bits per heavy atom. The van der Waals surface area contributed by atoms with Gasteiger partial charge in [-0.15, -0.1) is 11.8 Å². The fraction of sp³-hybridized carbons (Fsp3) is 0.750. The normalized spacial score (nSPS) is 21.6. The minimum atomic E-state index is -1.03. The number of carboxylic acids is 1. The van der Waals surface area contributed by atoms with Crippen LogP contribution in [0.25, 0.3) is 0 Å². The van der Waals surface area contributed by atoms with E-state index >= 15 is 0 Å². The second-order valence-electron chi connectivity index (χ2n) is 4.30. The zero-order valence-corrected chi connectivity index (χ0v) is 12.4. The molecule has 0 radical (unpaired) electrons. The van der Waals surface area contributed by atoms with Crippen molar-refractivity contribution in [2.75, 3.05) is 18.9 Å². The van der Waals surface area contributed by atoms with Gasteiger partial charge in [-0.3, -0.25) is 9.69 Å². The standard InChI is InChI=1S/C12H20N2O5S/c1-3-5-9-14(8(7-20-9)11(16)17)12(18)13-6-10(15)19-4-2/h8-9H,3-7H2,1-2H3,(H,13,18)(H,16,17). The summed E-state index contributed by atoms with van der Waals surface area (Å²) < 4.78 is 4.71. The smallest absolute Gasteiger partial charge is 0.327 e. The van der Waals surface area contributed by atoms with Gasteiger partial charge in [-0.2, -0.15) is 0 Å². The summed E-state index contributed by atoms with van der Waals surface area (Å²) in [6.07, 6.45) is 1.58. The molecule has 0 aromatic carbocycles. The van der Waals surface area contributed by atoms with E-state index in [4.69, 9.17) is 9.84 Å². The number of nitrogens with one attached hydrogen (secondary N) is 1. The summed E-state index contributed by atoms with van der Waals surface area (Å²) in [6, 6.07) is -1.38. The van der Waals surface area contributed by atoms with Gasteiger partial charge in [-0.05, 0) is 13.3 Å². The van der Waals surface area contributed by atoms with Gasteiger partial charge >= 0.3 is 18.0 Å². The summed E-state index contributed by atoms with van der Waals surface area (Å²) >= 11 is 1.45. The summed E-state index contributed by atoms with van der Waals surface area (Å²) in [6.45, 7) is 3.64. The van der Waals surface area contributed by atoms with Crippen molar-refractivity contribution in [1.29, 1.82) is 0 Å². The first-order valence-electron chi connectivity index (χ1n) is 6.57. The molecule has 2 unspecified atom stereocenters. The maximum Gasteiger partial charge on any atom is 0.327 e. The SMILES string of the molecule is CCCC1SCC(C(=O)O)N1C(=O)NCC(=O)OCC. The number of hydrogen-bond donors (Lipinski definition) is 2. The lowest BCUT2D eigenvalue weighted by molar-refractivity contribution is -0.141. The molecule has 0 aromatic rings. The maximum absolute atomic E-state index is 12.1. The highest BCUT2D eigenvalue weighted by Gasteiger charge is 2.41. The first-order chi connectivity index (χ1) is 9.51. The number of esters is 1. The number of hydrogen-bond acceptors (Lipinski definition) is 5. The summed E-state index contributed by atoms with van der Waals surface area (Å²) in [5.74, 6) is -1.19. The van der Waals surface area contributed by atoms with E-state index in [0.29, 0.717) is 5.75 Å². The fourth-order valence-electron chi connectivity index (χ4n) is 1.95. The molecule has 8 heteroatoms. The molecule has 1 aliphatic rings. The minimum Gasteiger partial charge on any atom is -0.480 e. The van der Waals surface area contributed by atoms with Gasteiger partial charge in [0.15, 0.2) is 0 Å². The quantitative estimate of drug-likeness (QED) is 0.707. The summed E-state index contributed by atoms with van der Waals surface area (Å²) in [5.41, 5.74) is 0. The van der Waals surface area contributed by atoms with Gasteiger partial charge in [0.25, 0.3) is 0 Å². The van der Waals surface area contributed by atoms with E-state index in [2.05, 4.69) is 5.32 Å². The highest BCUT2D eigenvalue weighted by molar-refractivity contribution is 8.00. The van der Waals surface area contributed by atoms with E-state index in [9.17, 15) is 14.4 Å². The molecule has 2 atom stereocenters. The van der Waals surface area contributed by atoms with Gasteiger partial charge in [0, 0.05) is 5.75 Å². The monoisotopic (exact) mass is 304 g/mol. The highest BCUT2D eigenvalue weighted by atomic mass is 32.2. The summed E-state index contributed by atoms with van der Waals surface area (Å²) in [5, 5.41) is 11.4. The number of thioether (sulfide) groups is 1. The number of carbonyl (C=O) groups is 3. The lowest BCUT2D eigenvalue weighted by atomic mass is 10.2. The zero-order chi connectivity index (χ0) is 15.1. The van der Waals surface area contributed by atoms with Crippen molar-refractivity contribution in [3.05, 3.63) is 0 Å². The Morgan fingerprint density at radius 1 is 1.40 bits per heavy atom. The van der Waals surface area contributed by atoms with Crippen molar-refractivity contribution in [3.8, 4) is 0 Å². The lowest BCUT2D eigenvalue weighted by Gasteiger charge is -2.27. The molecule has 0 aliphatic carbocycles. The molecule has 0 aromatic heterocycles. The summed E-state index contributed by atoms with van der Waals surface area (Å²) in [4.78, 5) is 35.8. The van der Waals surface area contributed by atoms with Gasteiger partial charge in [0.1, 0.15) is 12.6 Å². The highest BCUT2D eigenvalue weighted by Crippen LogP contribution is 2.32. The van der Waals surface area contributed by atoms with Gasteiger partial charge < -0.3 is 15.2 Å². The molecule has 1 aliphatic heterocycles. The van der Waals surface area contributed by atoms with Crippen LogP contribution in [0.1, 0.15) is 26.7 Å². The Hall–Kier alpha value is -1.44. The topological polar surface area (TPSA) is 95.9 Å². The van der Waals surface area contributed by atoms with Crippen LogP contribution in [0.2, 0.25) is 0 Å². The third kappa shape index (κ3) is 4.29. The first-order valence-corrected chi connectivity index (χ1v) is 7.62. The van der Waals surface area contributed by atoms with Crippen molar-refractivity contribution < 1.29 is 24.2 Å². The number of ether oxygens (including phenoxy) is 1. The molecular formula is C12H20N2O5S. The van der Waals surface area contributed by atoms with Crippen LogP contribution in [0, 0.1) is 0 Å². The van der Waals surface area contributed by atoms with Crippen LogP contribution in [0.15, 0.2) is 0 Å². The molecule has 1 heterocycles. The molecule has 0 saturated carbocycles. The largest absolute Gasteiger partial charge is 0.480 e. The molecule has 0 bridgehead atoms. The summed E-state index contributed by atoms with van der Waals surface area (Å²) in [7, 11) is 0. The number of aliphatic carboxylic acids is 1. The number of carbonyl (C=O) groups excluding carboxylic acids is 2. The van der Waals surface area contributed by atoms with Crippen LogP contribution < -0.4 is 5.32 Å². The average Bonchev–Trinajstić information content (AvgIpc) is 2.81. The Bertz CT molecular complexity index is 377. The Kier molecular flexibility index (Phi) is 6.63. The zero-order valence-electron chi connectivity index (χ0n) is 11.6. The van der Waals surface area contributed by atoms with Gasteiger partial charge in [0.2, 0.25) is 0 Å². The van der Waals surface area contributed by atoms with Crippen molar-refractivity contribution in [2.24, 2.45) is 0 Å². The van der Waals surface area contributed by atoms with Crippen LogP contribution in [0.4, 0.5) is 4.79 Å². The van der Waals surface area contributed by atoms with Crippen LogP contribution >= 0.6 is 11.8 Å². The number of urea groups is 1. The van der Waals surface area contributed by atoms with Crippen LogP contribution in [0.5, 0.6) is 0 Å². The van der Waals surface area contributed by atoms with E-state index in [1.54, 1.807) is 6.92 Å². The maximum atomic E-state index is 12.1. The molecule has 2 amide bonds. The van der Waals surface area contributed by atoms with E-state index < -0.39 is 24.0 Å². The second-order valence-corrected chi connectivity index (χ2v) is 5.51. The van der Waals surface area contributed by atoms with Crippen molar-refractivity contribution in [3.63, 3.8) is 0 Å². The molecule has 114 valence electrons. The Morgan fingerprint density at radius 3 is 2.65 bits per heavy atom. The molecule has 0 spiro atoms. The Balaban J connectivity index is 2.64. The predicted molar refractivity (Wildman–Crippen MR) is 74.4 cm³/mol. The van der Waals surface area contributed by atoms with Crippen molar-refractivity contribution >= 4 is 29.7 Å². The van der Waals surface area contributed by atoms with Gasteiger partial charge in [0.05, 0.1) is 12.0 Å². The van der Waals surface area contributed by atoms with Crippen LogP contribution in [-0.2, 0) is 14.3 Å². The van der Waals surface area contributed by atoms with Crippen molar-refractivity contribution in [1.82, 2.24) is 10.2 Å². The lowest BCUT2D eigenvalue weighted by Crippen LogP contribution is -2.51. The van der Waals surface area contributed by atoms with E-state index in [-0.39, 0.29) is 18.5 Å². The molecule has 1 fully saturated rings. The van der Waals surface area contributed by atoms with Crippen molar-refractivity contribution in [2.45, 2.75) is 38.1 Å². The third-order valence-corrected chi connectivity index (χ3v) is 4.19. The molecule has 1 rings (SSSR count). The first kappa shape index (κ1) is 16.6. The van der Waals surface area contributed by atoms with Gasteiger partial charge in [-0.25, -0.2) is 9.59 Å². The minimum absolute atomic E-state index is 0.164. The predicted octanol–water partition coefficient (Wildman–Crippen LogP) is 0.887. The number of amides is 2. The van der Waals surface area contributed by atoms with E-state index in [1.165, 1.54) is 16.7 Å². The van der Waals surface area contributed by atoms with E-state index in [1.807, 2.05) is 6.92 Å². The number of rotatable bonds is 6. The number of carboxylic acid groups (broad SMARTS) is 1. The molecule has 2 N–H and O–H groups in total. The van der Waals surface area contributed by atoms with Crippen LogP contribution in [-0.4, -0.2) is 58.3 Å². The average molecular weight is 304 g/mol. The van der Waals surface area contributed by atoms with Crippen LogP contribution in [0.3, 0.4) is 0 Å². The third-order valence-electron chi connectivity index (χ3n) is 2.84. The molecule has 7 nitrogen and oxygen atoms in total. The molecule has 20 heavy (non-hydrogen) atoms. The Labute approximate surface area is 122 Å². The molecule has 1 saturated heterocycles. The van der Waals surface area contributed by atoms with Gasteiger partial charge in [-0.1, -0.05) is 13.3 Å². The van der Waals surface area contributed by atoms with E-state index in [0.717, 1.165) is 12.8 Å². The fourth-order valence-corrected chi connectivity index (χ4v) is 3.46. The molecular weight excluding hydrogens is 284 g/mol. The second kappa shape index (κ2) is 7.98.